The van der Waals surface area contributed by atoms with E-state index in [4.69, 9.17) is 4.74 Å². The number of halogens is 1. The lowest BCUT2D eigenvalue weighted by Gasteiger charge is -2.08. The van der Waals surface area contributed by atoms with Gasteiger partial charge < -0.3 is 15.4 Å². The second-order valence-corrected chi connectivity index (χ2v) is 5.37. The lowest BCUT2D eigenvalue weighted by Crippen LogP contribution is -2.21. The summed E-state index contributed by atoms with van der Waals surface area (Å²) in [7, 11) is 0. The Kier molecular flexibility index (Phi) is 5.84. The molecule has 2 aromatic rings. The molecule has 0 unspecified atom stereocenters. The molecule has 2 N–H and O–H groups in total. The van der Waals surface area contributed by atoms with Crippen LogP contribution < -0.4 is 10.6 Å². The van der Waals surface area contributed by atoms with E-state index >= 15 is 0 Å². The summed E-state index contributed by atoms with van der Waals surface area (Å²) in [6.07, 6.45) is 0. The van der Waals surface area contributed by atoms with Crippen molar-refractivity contribution in [2.24, 2.45) is 0 Å². The molecule has 2 aromatic carbocycles. The highest BCUT2D eigenvalue weighted by Gasteiger charge is 2.12. The highest BCUT2D eigenvalue weighted by molar-refractivity contribution is 5.96. The molecule has 0 bridgehead atoms. The molecule has 0 aliphatic rings. The number of benzene rings is 2. The molecular formula is C18H17FN2O4. The van der Waals surface area contributed by atoms with Gasteiger partial charge in [0.15, 0.2) is 6.61 Å². The van der Waals surface area contributed by atoms with Crippen LogP contribution in [0.4, 0.5) is 15.8 Å². The smallest absolute Gasteiger partial charge is 0.338 e. The van der Waals surface area contributed by atoms with Gasteiger partial charge in [-0.1, -0.05) is 6.07 Å². The third-order valence-corrected chi connectivity index (χ3v) is 3.17. The van der Waals surface area contributed by atoms with Gasteiger partial charge in [-0.15, -0.1) is 0 Å². The average Bonchev–Trinajstić information content (AvgIpc) is 2.55. The fraction of sp³-hybridized carbons (Fsp3) is 0.167. The first-order valence-electron chi connectivity index (χ1n) is 7.46. The number of esters is 1. The Morgan fingerprint density at radius 1 is 1.04 bits per heavy atom. The van der Waals surface area contributed by atoms with Gasteiger partial charge in [-0.05, 0) is 48.9 Å². The van der Waals surface area contributed by atoms with E-state index in [1.807, 2.05) is 0 Å². The van der Waals surface area contributed by atoms with Gasteiger partial charge in [-0.3, -0.25) is 9.59 Å². The van der Waals surface area contributed by atoms with Gasteiger partial charge in [0.1, 0.15) is 5.82 Å². The molecule has 0 heterocycles. The first-order valence-corrected chi connectivity index (χ1v) is 7.46. The van der Waals surface area contributed by atoms with Crippen molar-refractivity contribution in [3.05, 3.63) is 59.4 Å². The third-order valence-electron chi connectivity index (χ3n) is 3.17. The van der Waals surface area contributed by atoms with E-state index in [9.17, 15) is 18.8 Å². The minimum atomic E-state index is -0.700. The number of hydrogen-bond donors (Lipinski definition) is 2. The molecule has 6 nitrogen and oxygen atoms in total. The number of aryl methyl sites for hydroxylation is 1. The minimum absolute atomic E-state index is 0.0197. The van der Waals surface area contributed by atoms with Gasteiger partial charge in [0.25, 0.3) is 5.91 Å². The molecule has 0 aliphatic carbocycles. The van der Waals surface area contributed by atoms with Crippen molar-refractivity contribution in [1.29, 1.82) is 0 Å². The molecule has 0 radical (unpaired) electrons. The largest absolute Gasteiger partial charge is 0.452 e. The number of carbonyl (C=O) groups excluding carboxylic acids is 3. The molecule has 0 saturated heterocycles. The lowest BCUT2D eigenvalue weighted by atomic mass is 10.2. The van der Waals surface area contributed by atoms with Gasteiger partial charge in [0, 0.05) is 12.6 Å². The second kappa shape index (κ2) is 8.05. The van der Waals surface area contributed by atoms with Gasteiger partial charge in [-0.2, -0.15) is 0 Å². The molecule has 7 heteroatoms. The van der Waals surface area contributed by atoms with E-state index in [1.165, 1.54) is 31.2 Å². The summed E-state index contributed by atoms with van der Waals surface area (Å²) >= 11 is 0. The zero-order chi connectivity index (χ0) is 18.4. The maximum Gasteiger partial charge on any atom is 0.338 e. The van der Waals surface area contributed by atoms with E-state index in [0.717, 1.165) is 5.56 Å². The molecule has 2 amide bonds. The molecule has 0 aromatic heterocycles. The van der Waals surface area contributed by atoms with Crippen molar-refractivity contribution in [3.8, 4) is 0 Å². The van der Waals surface area contributed by atoms with E-state index < -0.39 is 24.3 Å². The van der Waals surface area contributed by atoms with Crippen molar-refractivity contribution in [3.63, 3.8) is 0 Å². The Morgan fingerprint density at radius 3 is 2.32 bits per heavy atom. The van der Waals surface area contributed by atoms with E-state index in [-0.39, 0.29) is 17.2 Å². The van der Waals surface area contributed by atoms with Crippen LogP contribution in [0.3, 0.4) is 0 Å². The van der Waals surface area contributed by atoms with Crippen LogP contribution in [0.5, 0.6) is 0 Å². The summed E-state index contributed by atoms with van der Waals surface area (Å²) in [5, 5.41) is 4.90. The molecule has 25 heavy (non-hydrogen) atoms. The van der Waals surface area contributed by atoms with E-state index in [0.29, 0.717) is 5.69 Å². The quantitative estimate of drug-likeness (QED) is 0.817. The third kappa shape index (κ3) is 5.42. The van der Waals surface area contributed by atoms with Crippen LogP contribution in [-0.2, 0) is 14.3 Å². The Hall–Kier alpha value is -3.22. The summed E-state index contributed by atoms with van der Waals surface area (Å²) in [5.74, 6) is -2.14. The van der Waals surface area contributed by atoms with E-state index in [2.05, 4.69) is 10.6 Å². The van der Waals surface area contributed by atoms with Crippen LogP contribution in [0.2, 0.25) is 0 Å². The van der Waals surface area contributed by atoms with Crippen molar-refractivity contribution < 1.29 is 23.5 Å². The predicted octanol–water partition coefficient (Wildman–Crippen LogP) is 2.89. The van der Waals surface area contributed by atoms with Crippen LogP contribution in [-0.4, -0.2) is 24.4 Å². The molecule has 130 valence electrons. The number of hydrogen-bond acceptors (Lipinski definition) is 4. The van der Waals surface area contributed by atoms with Crippen LogP contribution in [0.1, 0.15) is 22.8 Å². The minimum Gasteiger partial charge on any atom is -0.452 e. The van der Waals surface area contributed by atoms with Crippen LogP contribution in [0, 0.1) is 12.7 Å². The topological polar surface area (TPSA) is 84.5 Å². The van der Waals surface area contributed by atoms with Gasteiger partial charge >= 0.3 is 5.97 Å². The molecule has 0 atom stereocenters. The Morgan fingerprint density at radius 2 is 1.72 bits per heavy atom. The number of nitrogens with one attached hydrogen (secondary N) is 2. The first kappa shape index (κ1) is 18.1. The lowest BCUT2D eigenvalue weighted by molar-refractivity contribution is -0.119. The standard InChI is InChI=1S/C18H17FN2O4/c1-11-3-8-16(15(19)9-11)21-17(23)10-25-18(24)13-4-6-14(7-5-13)20-12(2)22/h3-9H,10H2,1-2H3,(H,20,22)(H,21,23). The number of ether oxygens (including phenoxy) is 1. The summed E-state index contributed by atoms with van der Waals surface area (Å²) < 4.78 is 18.5. The van der Waals surface area contributed by atoms with Crippen molar-refractivity contribution in [2.45, 2.75) is 13.8 Å². The maximum atomic E-state index is 13.7. The summed E-state index contributed by atoms with van der Waals surface area (Å²) in [5.41, 5.74) is 1.51. The van der Waals surface area contributed by atoms with Gasteiger partial charge in [-0.25, -0.2) is 9.18 Å². The first-order chi connectivity index (χ1) is 11.8. The zero-order valence-electron chi connectivity index (χ0n) is 13.8. The summed E-state index contributed by atoms with van der Waals surface area (Å²) in [4.78, 5) is 34.6. The number of amides is 2. The molecule has 0 fully saturated rings. The Labute approximate surface area is 144 Å². The van der Waals surface area contributed by atoms with Crippen molar-refractivity contribution >= 4 is 29.2 Å². The average molecular weight is 344 g/mol. The maximum absolute atomic E-state index is 13.7. The molecular weight excluding hydrogens is 327 g/mol. The van der Waals surface area contributed by atoms with Crippen molar-refractivity contribution in [1.82, 2.24) is 0 Å². The van der Waals surface area contributed by atoms with Gasteiger partial charge in [0.05, 0.1) is 11.3 Å². The fourth-order valence-corrected chi connectivity index (χ4v) is 2.02. The zero-order valence-corrected chi connectivity index (χ0v) is 13.8. The molecule has 0 spiro atoms. The predicted molar refractivity (Wildman–Crippen MR) is 90.8 cm³/mol. The Balaban J connectivity index is 1.88. The number of anilines is 2. The number of rotatable bonds is 5. The monoisotopic (exact) mass is 344 g/mol. The molecule has 0 aliphatic heterocycles. The SMILES string of the molecule is CC(=O)Nc1ccc(C(=O)OCC(=O)Nc2ccc(C)cc2F)cc1. The second-order valence-electron chi connectivity index (χ2n) is 5.37. The van der Waals surface area contributed by atoms with Crippen LogP contribution in [0.25, 0.3) is 0 Å². The van der Waals surface area contributed by atoms with Crippen LogP contribution in [0.15, 0.2) is 42.5 Å². The van der Waals surface area contributed by atoms with E-state index in [1.54, 1.807) is 25.1 Å². The summed E-state index contributed by atoms with van der Waals surface area (Å²) in [6.45, 7) is 2.56. The number of carbonyl (C=O) groups is 3. The normalized spacial score (nSPS) is 10.0. The fourth-order valence-electron chi connectivity index (χ4n) is 2.02. The highest BCUT2D eigenvalue weighted by Crippen LogP contribution is 2.15. The van der Waals surface area contributed by atoms with Crippen LogP contribution >= 0.6 is 0 Å². The summed E-state index contributed by atoms with van der Waals surface area (Å²) in [6, 6.07) is 10.4. The van der Waals surface area contributed by atoms with Gasteiger partial charge in [0.2, 0.25) is 5.91 Å². The Bertz CT molecular complexity index is 803. The van der Waals surface area contributed by atoms with Crippen molar-refractivity contribution in [2.75, 3.05) is 17.2 Å². The molecule has 2 rings (SSSR count). The molecule has 0 saturated carbocycles. The highest BCUT2D eigenvalue weighted by atomic mass is 19.1.